The van der Waals surface area contributed by atoms with Crippen LogP contribution in [0, 0.1) is 0 Å². The van der Waals surface area contributed by atoms with Crippen LogP contribution in [0.25, 0.3) is 10.9 Å². The van der Waals surface area contributed by atoms with Gasteiger partial charge in [-0.05, 0) is 23.8 Å². The lowest BCUT2D eigenvalue weighted by atomic mass is 10.1. The fraction of sp³-hybridized carbons (Fsp3) is 0.125. The number of H-pyrrole nitrogens is 1. The minimum atomic E-state index is -0.955. The van der Waals surface area contributed by atoms with Gasteiger partial charge in [0.1, 0.15) is 5.76 Å². The number of para-hydroxylation sites is 1. The maximum Gasteiger partial charge on any atom is 0.328 e. The molecule has 0 aliphatic carbocycles. The molecule has 0 spiro atoms. The van der Waals surface area contributed by atoms with Crippen LogP contribution in [0.1, 0.15) is 11.3 Å². The zero-order chi connectivity index (χ0) is 14.7. The summed E-state index contributed by atoms with van der Waals surface area (Å²) < 4.78 is 5.12. The molecule has 0 radical (unpaired) electrons. The Morgan fingerprint density at radius 2 is 2.19 bits per heavy atom. The molecule has 0 bridgehead atoms. The molecule has 1 aromatic carbocycles. The number of carboxylic acid groups (broad SMARTS) is 1. The molecule has 5 nitrogen and oxygen atoms in total. The van der Waals surface area contributed by atoms with Crippen LogP contribution in [0.4, 0.5) is 0 Å². The molecule has 0 amide bonds. The summed E-state index contributed by atoms with van der Waals surface area (Å²) in [6.07, 6.45) is 5.14. The van der Waals surface area contributed by atoms with Gasteiger partial charge in [0.2, 0.25) is 0 Å². The molecule has 5 heteroatoms. The number of aromatic nitrogens is 1. The minimum Gasteiger partial charge on any atom is -0.480 e. The third-order valence-electron chi connectivity index (χ3n) is 3.30. The Bertz CT molecular complexity index is 772. The van der Waals surface area contributed by atoms with E-state index in [1.54, 1.807) is 12.1 Å². The van der Waals surface area contributed by atoms with Crippen LogP contribution in [0.5, 0.6) is 0 Å². The number of carbonyl (C=O) groups is 1. The number of furan rings is 1. The van der Waals surface area contributed by atoms with E-state index in [4.69, 9.17) is 4.42 Å². The predicted octanol–water partition coefficient (Wildman–Crippen LogP) is 2.88. The van der Waals surface area contributed by atoms with E-state index < -0.39 is 12.0 Å². The Morgan fingerprint density at radius 3 is 2.95 bits per heavy atom. The molecule has 21 heavy (non-hydrogen) atoms. The summed E-state index contributed by atoms with van der Waals surface area (Å²) in [4.78, 5) is 18.6. The van der Waals surface area contributed by atoms with Crippen molar-refractivity contribution in [2.75, 3.05) is 0 Å². The Labute approximate surface area is 120 Å². The average Bonchev–Trinajstić information content (AvgIpc) is 3.13. The van der Waals surface area contributed by atoms with Gasteiger partial charge >= 0.3 is 5.97 Å². The van der Waals surface area contributed by atoms with Gasteiger partial charge in [-0.3, -0.25) is 4.99 Å². The highest BCUT2D eigenvalue weighted by Gasteiger charge is 2.18. The van der Waals surface area contributed by atoms with E-state index in [-0.39, 0.29) is 0 Å². The first-order chi connectivity index (χ1) is 10.2. The Balaban J connectivity index is 1.84. The van der Waals surface area contributed by atoms with Crippen LogP contribution in [-0.2, 0) is 11.2 Å². The number of hydrogen-bond donors (Lipinski definition) is 2. The molecule has 106 valence electrons. The van der Waals surface area contributed by atoms with Gasteiger partial charge in [0.15, 0.2) is 6.04 Å². The summed E-state index contributed by atoms with van der Waals surface area (Å²) in [6.45, 7) is 0. The van der Waals surface area contributed by atoms with Crippen LogP contribution >= 0.6 is 0 Å². The van der Waals surface area contributed by atoms with Crippen molar-refractivity contribution in [1.29, 1.82) is 0 Å². The number of nitrogens with zero attached hydrogens (tertiary/aromatic N) is 1. The normalized spacial score (nSPS) is 13.0. The second kappa shape index (κ2) is 5.66. The number of aliphatic carboxylic acids is 1. The molecule has 2 heterocycles. The van der Waals surface area contributed by atoms with E-state index in [1.165, 1.54) is 12.5 Å². The molecule has 0 saturated carbocycles. The quantitative estimate of drug-likeness (QED) is 0.706. The number of hydrogen-bond acceptors (Lipinski definition) is 3. The predicted molar refractivity (Wildman–Crippen MR) is 79.7 cm³/mol. The Kier molecular flexibility index (Phi) is 3.55. The number of carboxylic acids is 1. The molecular weight excluding hydrogens is 268 g/mol. The van der Waals surface area contributed by atoms with Crippen molar-refractivity contribution in [3.8, 4) is 0 Å². The van der Waals surface area contributed by atoms with Gasteiger partial charge in [-0.1, -0.05) is 18.2 Å². The van der Waals surface area contributed by atoms with Crippen molar-refractivity contribution in [2.45, 2.75) is 12.5 Å². The maximum atomic E-state index is 11.4. The van der Waals surface area contributed by atoms with E-state index in [0.717, 1.165) is 16.5 Å². The average molecular weight is 282 g/mol. The third-order valence-corrected chi connectivity index (χ3v) is 3.30. The summed E-state index contributed by atoms with van der Waals surface area (Å²) >= 11 is 0. The van der Waals surface area contributed by atoms with Gasteiger partial charge in [0, 0.05) is 23.5 Å². The van der Waals surface area contributed by atoms with Gasteiger partial charge in [-0.2, -0.15) is 0 Å². The fourth-order valence-corrected chi connectivity index (χ4v) is 2.24. The van der Waals surface area contributed by atoms with Crippen LogP contribution in [0.15, 0.2) is 58.3 Å². The standard InChI is InChI=1S/C16H14N2O3/c19-16(20)15(18-10-12-4-3-7-21-12)8-11-9-17-14-6-2-1-5-13(11)14/h1-7,9-10,15,17H,8H2,(H,19,20)/t15-/m0/s1. The first-order valence-corrected chi connectivity index (χ1v) is 6.58. The summed E-state index contributed by atoms with van der Waals surface area (Å²) in [6, 6.07) is 10.4. The summed E-state index contributed by atoms with van der Waals surface area (Å²) in [5.74, 6) is -0.414. The number of aromatic amines is 1. The molecule has 3 rings (SSSR count). The number of rotatable bonds is 5. The van der Waals surface area contributed by atoms with Crippen molar-refractivity contribution in [3.05, 3.63) is 60.2 Å². The van der Waals surface area contributed by atoms with Crippen LogP contribution in [0.3, 0.4) is 0 Å². The summed E-state index contributed by atoms with van der Waals surface area (Å²) in [5, 5.41) is 10.3. The third kappa shape index (κ3) is 2.86. The Morgan fingerprint density at radius 1 is 1.33 bits per heavy atom. The van der Waals surface area contributed by atoms with Gasteiger partial charge < -0.3 is 14.5 Å². The van der Waals surface area contributed by atoms with Crippen molar-refractivity contribution in [3.63, 3.8) is 0 Å². The molecule has 0 aliphatic heterocycles. The highest BCUT2D eigenvalue weighted by molar-refractivity contribution is 5.85. The molecule has 3 aromatic rings. The smallest absolute Gasteiger partial charge is 0.328 e. The first-order valence-electron chi connectivity index (χ1n) is 6.58. The Hall–Kier alpha value is -2.82. The largest absolute Gasteiger partial charge is 0.480 e. The molecule has 0 fully saturated rings. The second-order valence-corrected chi connectivity index (χ2v) is 4.71. The zero-order valence-corrected chi connectivity index (χ0v) is 11.2. The van der Waals surface area contributed by atoms with E-state index in [1.807, 2.05) is 30.5 Å². The zero-order valence-electron chi connectivity index (χ0n) is 11.2. The van der Waals surface area contributed by atoms with Crippen molar-refractivity contribution in [2.24, 2.45) is 4.99 Å². The van der Waals surface area contributed by atoms with Crippen molar-refractivity contribution in [1.82, 2.24) is 4.98 Å². The SMILES string of the molecule is O=C(O)[C@H](Cc1c[nH]c2ccccc12)N=Cc1ccco1. The summed E-state index contributed by atoms with van der Waals surface area (Å²) in [5.41, 5.74) is 1.93. The van der Waals surface area contributed by atoms with Gasteiger partial charge in [0.05, 0.1) is 12.5 Å². The summed E-state index contributed by atoms with van der Waals surface area (Å²) in [7, 11) is 0. The van der Waals surface area contributed by atoms with E-state index in [0.29, 0.717) is 12.2 Å². The van der Waals surface area contributed by atoms with Crippen molar-refractivity contribution < 1.29 is 14.3 Å². The molecule has 1 atom stereocenters. The highest BCUT2D eigenvalue weighted by atomic mass is 16.4. The molecule has 2 aromatic heterocycles. The topological polar surface area (TPSA) is 78.6 Å². The van der Waals surface area contributed by atoms with Crippen molar-refractivity contribution >= 4 is 23.1 Å². The second-order valence-electron chi connectivity index (χ2n) is 4.71. The minimum absolute atomic E-state index is 0.330. The fourth-order valence-electron chi connectivity index (χ4n) is 2.24. The molecular formula is C16H14N2O3. The number of fused-ring (bicyclic) bond motifs is 1. The lowest BCUT2D eigenvalue weighted by Crippen LogP contribution is -2.20. The van der Waals surface area contributed by atoms with E-state index in [9.17, 15) is 9.90 Å². The lowest BCUT2D eigenvalue weighted by molar-refractivity contribution is -0.138. The van der Waals surface area contributed by atoms with E-state index >= 15 is 0 Å². The molecule has 0 saturated heterocycles. The van der Waals surface area contributed by atoms with Gasteiger partial charge in [-0.15, -0.1) is 0 Å². The lowest BCUT2D eigenvalue weighted by Gasteiger charge is -2.06. The number of nitrogens with one attached hydrogen (secondary N) is 1. The van der Waals surface area contributed by atoms with Gasteiger partial charge in [-0.25, -0.2) is 4.79 Å². The van der Waals surface area contributed by atoms with Crippen LogP contribution in [-0.4, -0.2) is 28.3 Å². The first kappa shape index (κ1) is 13.2. The monoisotopic (exact) mass is 282 g/mol. The molecule has 2 N–H and O–H groups in total. The van der Waals surface area contributed by atoms with E-state index in [2.05, 4.69) is 9.98 Å². The number of aliphatic imine (C=N–C) groups is 1. The maximum absolute atomic E-state index is 11.4. The molecule has 0 aliphatic rings. The highest BCUT2D eigenvalue weighted by Crippen LogP contribution is 2.20. The van der Waals surface area contributed by atoms with Crippen LogP contribution in [0.2, 0.25) is 0 Å². The molecule has 0 unspecified atom stereocenters. The number of benzene rings is 1. The van der Waals surface area contributed by atoms with Crippen LogP contribution < -0.4 is 0 Å². The van der Waals surface area contributed by atoms with Gasteiger partial charge in [0.25, 0.3) is 0 Å².